The van der Waals surface area contributed by atoms with Gasteiger partial charge in [0.1, 0.15) is 11.6 Å². The first-order valence-corrected chi connectivity index (χ1v) is 10.9. The normalized spacial score (nSPS) is 11.0. The molecule has 0 aliphatic heterocycles. The van der Waals surface area contributed by atoms with E-state index in [1.165, 1.54) is 6.26 Å². The van der Waals surface area contributed by atoms with E-state index in [9.17, 15) is 13.2 Å². The lowest BCUT2D eigenvalue weighted by molar-refractivity contribution is -0.118. The van der Waals surface area contributed by atoms with E-state index in [-0.39, 0.29) is 23.2 Å². The van der Waals surface area contributed by atoms with Gasteiger partial charge in [0, 0.05) is 23.1 Å². The SMILES string of the molecule is CS(=O)(=O)c1ccccc1-c1ccc(OCC(=O)Nc2cccc(C(=N)N)c2)cc1. The molecule has 8 heteroatoms. The number of nitrogens with one attached hydrogen (secondary N) is 2. The lowest BCUT2D eigenvalue weighted by Crippen LogP contribution is -2.20. The maximum atomic E-state index is 12.1. The van der Waals surface area contributed by atoms with E-state index < -0.39 is 9.84 Å². The van der Waals surface area contributed by atoms with Gasteiger partial charge in [0.25, 0.3) is 5.91 Å². The zero-order valence-corrected chi connectivity index (χ0v) is 17.1. The van der Waals surface area contributed by atoms with Gasteiger partial charge in [-0.1, -0.05) is 42.5 Å². The summed E-state index contributed by atoms with van der Waals surface area (Å²) in [6, 6.07) is 20.3. The van der Waals surface area contributed by atoms with E-state index in [1.54, 1.807) is 72.8 Å². The predicted octanol–water partition coefficient (Wildman–Crippen LogP) is 3.06. The number of rotatable bonds is 7. The smallest absolute Gasteiger partial charge is 0.262 e. The van der Waals surface area contributed by atoms with Crippen molar-refractivity contribution in [3.8, 4) is 16.9 Å². The average molecular weight is 423 g/mol. The first-order valence-electron chi connectivity index (χ1n) is 9.00. The van der Waals surface area contributed by atoms with Gasteiger partial charge in [-0.05, 0) is 35.9 Å². The zero-order valence-electron chi connectivity index (χ0n) is 16.3. The average Bonchev–Trinajstić information content (AvgIpc) is 2.72. The maximum absolute atomic E-state index is 12.1. The maximum Gasteiger partial charge on any atom is 0.262 e. The first-order chi connectivity index (χ1) is 14.2. The van der Waals surface area contributed by atoms with Crippen LogP contribution in [-0.4, -0.2) is 33.0 Å². The van der Waals surface area contributed by atoms with E-state index in [0.717, 1.165) is 5.56 Å². The molecule has 0 saturated carbocycles. The van der Waals surface area contributed by atoms with Crippen molar-refractivity contribution in [3.63, 3.8) is 0 Å². The highest BCUT2D eigenvalue weighted by Crippen LogP contribution is 2.28. The summed E-state index contributed by atoms with van der Waals surface area (Å²) in [6.45, 7) is -0.205. The first kappa shape index (κ1) is 21.1. The summed E-state index contributed by atoms with van der Waals surface area (Å²) in [5.41, 5.74) is 7.81. The van der Waals surface area contributed by atoms with Crippen LogP contribution in [0.2, 0.25) is 0 Å². The summed E-state index contributed by atoms with van der Waals surface area (Å²) < 4.78 is 29.5. The molecule has 0 radical (unpaired) electrons. The highest BCUT2D eigenvalue weighted by molar-refractivity contribution is 7.90. The van der Waals surface area contributed by atoms with Crippen molar-refractivity contribution < 1.29 is 17.9 Å². The molecule has 3 aromatic rings. The monoisotopic (exact) mass is 423 g/mol. The van der Waals surface area contributed by atoms with Gasteiger partial charge >= 0.3 is 0 Å². The van der Waals surface area contributed by atoms with Crippen molar-refractivity contribution in [3.05, 3.63) is 78.4 Å². The standard InChI is InChI=1S/C22H21N3O4S/c1-30(27,28)20-8-3-2-7-19(20)15-9-11-18(12-10-15)29-14-21(26)25-17-6-4-5-16(13-17)22(23)24/h2-13H,14H2,1H3,(H3,23,24)(H,25,26). The number of sulfone groups is 1. The summed E-state index contributed by atoms with van der Waals surface area (Å²) in [7, 11) is -3.36. The number of nitrogen functional groups attached to an aromatic ring is 1. The van der Waals surface area contributed by atoms with Crippen LogP contribution in [0.3, 0.4) is 0 Å². The van der Waals surface area contributed by atoms with E-state index >= 15 is 0 Å². The highest BCUT2D eigenvalue weighted by Gasteiger charge is 2.14. The topological polar surface area (TPSA) is 122 Å². The lowest BCUT2D eigenvalue weighted by atomic mass is 10.1. The van der Waals surface area contributed by atoms with Gasteiger partial charge < -0.3 is 15.8 Å². The van der Waals surface area contributed by atoms with Gasteiger partial charge in [-0.2, -0.15) is 0 Å². The Hall–Kier alpha value is -3.65. The fraction of sp³-hybridized carbons (Fsp3) is 0.0909. The summed E-state index contributed by atoms with van der Waals surface area (Å²) in [6.07, 6.45) is 1.17. The summed E-state index contributed by atoms with van der Waals surface area (Å²) in [4.78, 5) is 12.4. The second-order valence-corrected chi connectivity index (χ2v) is 8.61. The van der Waals surface area contributed by atoms with Crippen molar-refractivity contribution in [1.82, 2.24) is 0 Å². The van der Waals surface area contributed by atoms with Crippen molar-refractivity contribution in [1.29, 1.82) is 5.41 Å². The van der Waals surface area contributed by atoms with Crippen LogP contribution in [0.5, 0.6) is 5.75 Å². The minimum absolute atomic E-state index is 0.0834. The van der Waals surface area contributed by atoms with Gasteiger partial charge in [0.2, 0.25) is 0 Å². The molecule has 1 amide bonds. The van der Waals surface area contributed by atoms with Crippen molar-refractivity contribution in [2.75, 3.05) is 18.2 Å². The number of hydrogen-bond donors (Lipinski definition) is 3. The van der Waals surface area contributed by atoms with E-state index in [1.807, 2.05) is 0 Å². The number of anilines is 1. The van der Waals surface area contributed by atoms with Crippen LogP contribution in [0, 0.1) is 5.41 Å². The van der Waals surface area contributed by atoms with Gasteiger partial charge in [-0.25, -0.2) is 8.42 Å². The quantitative estimate of drug-likeness (QED) is 0.398. The third-order valence-corrected chi connectivity index (χ3v) is 5.43. The number of nitrogens with two attached hydrogens (primary N) is 1. The van der Waals surface area contributed by atoms with Crippen LogP contribution in [0.4, 0.5) is 5.69 Å². The Bertz CT molecular complexity index is 1190. The summed E-state index contributed by atoms with van der Waals surface area (Å²) >= 11 is 0. The number of amides is 1. The van der Waals surface area contributed by atoms with Crippen LogP contribution in [-0.2, 0) is 14.6 Å². The number of carbonyl (C=O) groups excluding carboxylic acids is 1. The van der Waals surface area contributed by atoms with Gasteiger partial charge in [-0.15, -0.1) is 0 Å². The van der Waals surface area contributed by atoms with Crippen molar-refractivity contribution in [2.24, 2.45) is 5.73 Å². The number of amidine groups is 1. The van der Waals surface area contributed by atoms with Crippen LogP contribution in [0.1, 0.15) is 5.56 Å². The molecule has 0 bridgehead atoms. The van der Waals surface area contributed by atoms with Crippen LogP contribution in [0.15, 0.2) is 77.7 Å². The summed E-state index contributed by atoms with van der Waals surface area (Å²) in [5.74, 6) is 0.0327. The number of hydrogen-bond acceptors (Lipinski definition) is 5. The zero-order chi connectivity index (χ0) is 21.7. The Morgan fingerprint density at radius 2 is 1.73 bits per heavy atom. The molecule has 154 valence electrons. The van der Waals surface area contributed by atoms with E-state index in [4.69, 9.17) is 15.9 Å². The lowest BCUT2D eigenvalue weighted by Gasteiger charge is -2.10. The van der Waals surface area contributed by atoms with Gasteiger partial charge in [0.15, 0.2) is 16.4 Å². The molecule has 0 spiro atoms. The summed E-state index contributed by atoms with van der Waals surface area (Å²) in [5, 5.41) is 10.1. The minimum Gasteiger partial charge on any atom is -0.484 e. The molecule has 3 rings (SSSR count). The molecule has 0 atom stereocenters. The number of benzene rings is 3. The van der Waals surface area contributed by atoms with Crippen LogP contribution in [0.25, 0.3) is 11.1 Å². The van der Waals surface area contributed by atoms with Crippen molar-refractivity contribution in [2.45, 2.75) is 4.90 Å². The number of ether oxygens (including phenoxy) is 1. The fourth-order valence-electron chi connectivity index (χ4n) is 2.87. The molecule has 0 aliphatic rings. The van der Waals surface area contributed by atoms with Gasteiger partial charge in [0.05, 0.1) is 4.90 Å². The molecule has 7 nitrogen and oxygen atoms in total. The Balaban J connectivity index is 1.65. The predicted molar refractivity (Wildman–Crippen MR) is 117 cm³/mol. The second kappa shape index (κ2) is 8.79. The highest BCUT2D eigenvalue weighted by atomic mass is 32.2. The Morgan fingerprint density at radius 3 is 2.40 bits per heavy atom. The third kappa shape index (κ3) is 5.24. The molecule has 0 aromatic heterocycles. The minimum atomic E-state index is -3.36. The molecule has 0 fully saturated rings. The van der Waals surface area contributed by atoms with E-state index in [0.29, 0.717) is 22.6 Å². The Kier molecular flexibility index (Phi) is 6.17. The van der Waals surface area contributed by atoms with Gasteiger partial charge in [-0.3, -0.25) is 10.2 Å². The second-order valence-electron chi connectivity index (χ2n) is 6.62. The van der Waals surface area contributed by atoms with E-state index in [2.05, 4.69) is 5.32 Å². The molecular weight excluding hydrogens is 402 g/mol. The Labute approximate surface area is 174 Å². The fourth-order valence-corrected chi connectivity index (χ4v) is 3.78. The Morgan fingerprint density at radius 1 is 1.03 bits per heavy atom. The largest absolute Gasteiger partial charge is 0.484 e. The molecular formula is C22H21N3O4S. The molecule has 0 unspecified atom stereocenters. The molecule has 0 heterocycles. The number of carbonyl (C=O) groups is 1. The molecule has 0 aliphatic carbocycles. The molecule has 3 aromatic carbocycles. The van der Waals surface area contributed by atoms with Crippen molar-refractivity contribution >= 4 is 27.3 Å². The van der Waals surface area contributed by atoms with Crippen LogP contribution >= 0.6 is 0 Å². The third-order valence-electron chi connectivity index (χ3n) is 4.28. The molecule has 0 saturated heterocycles. The molecule has 30 heavy (non-hydrogen) atoms. The van der Waals surface area contributed by atoms with Crippen LogP contribution < -0.4 is 15.8 Å². The molecule has 4 N–H and O–H groups in total.